The number of rotatable bonds is 0. The van der Waals surface area contributed by atoms with Gasteiger partial charge in [0.25, 0.3) is 0 Å². The molecule has 42 valence electrons. The van der Waals surface area contributed by atoms with Crippen LogP contribution in [0.25, 0.3) is 0 Å². The second-order valence-corrected chi connectivity index (χ2v) is 0.224. The van der Waals surface area contributed by atoms with Crippen molar-refractivity contribution in [3.8, 4) is 0 Å². The van der Waals surface area contributed by atoms with Crippen LogP contribution in [0.15, 0.2) is 0 Å². The van der Waals surface area contributed by atoms with Crippen LogP contribution in [0.5, 0.6) is 0 Å². The fraction of sp³-hybridized carbons (Fsp3) is 0. The van der Waals surface area contributed by atoms with Crippen molar-refractivity contribution in [3.63, 3.8) is 0 Å². The summed E-state index contributed by atoms with van der Waals surface area (Å²) in [6, 6.07) is 0. The second kappa shape index (κ2) is 9.40. The third-order valence-electron chi connectivity index (χ3n) is 0. The Morgan fingerprint density at radius 2 is 1.33 bits per heavy atom. The van der Waals surface area contributed by atoms with Gasteiger partial charge in [0.15, 0.2) is 0 Å². The average molecular weight is 283 g/mol. The van der Waals surface area contributed by atoms with E-state index in [1.807, 2.05) is 0 Å². The molecule has 0 bridgehead atoms. The summed E-state index contributed by atoms with van der Waals surface area (Å²) in [4.78, 5) is 8.25. The Balaban J connectivity index is -0.0000000450. The first-order valence-electron chi connectivity index (χ1n) is 0.548. The van der Waals surface area contributed by atoms with Crippen LogP contribution in [0, 0.1) is 55.3 Å². The van der Waals surface area contributed by atoms with Crippen molar-refractivity contribution < 1.29 is 62.1 Å². The van der Waals surface area contributed by atoms with Gasteiger partial charge in [-0.15, -0.1) is 0 Å². The molecule has 0 aromatic carbocycles. The smallest absolute Gasteiger partial charge is 0.356 e. The van der Waals surface area contributed by atoms with E-state index >= 15 is 0 Å². The molecule has 0 aliphatic carbocycles. The van der Waals surface area contributed by atoms with Crippen molar-refractivity contribution in [2.24, 2.45) is 0 Å². The van der Waals surface area contributed by atoms with Crippen LogP contribution in [-0.4, -0.2) is 5.09 Å². The Kier molecular flexibility index (Phi) is 24.7. The van der Waals surface area contributed by atoms with Crippen LogP contribution in [0.1, 0.15) is 0 Å². The minimum Gasteiger partial charge on any atom is -0.356 e. The quantitative estimate of drug-likeness (QED) is 0.350. The predicted molar refractivity (Wildman–Crippen MR) is 10.4 cm³/mol. The van der Waals surface area contributed by atoms with Crippen molar-refractivity contribution in [3.05, 3.63) is 15.3 Å². The van der Waals surface area contributed by atoms with E-state index in [2.05, 4.69) is 0 Å². The van der Waals surface area contributed by atoms with Gasteiger partial charge in [-0.05, 0) is 0 Å². The summed E-state index contributed by atoms with van der Waals surface area (Å²) in [7, 11) is 0. The van der Waals surface area contributed by atoms with Crippen LogP contribution in [0.3, 0.4) is 0 Å². The maximum Gasteiger partial charge on any atom is 1.00 e. The van der Waals surface area contributed by atoms with Gasteiger partial charge in [0, 0.05) is 39.9 Å². The zero-order chi connectivity index (χ0) is 3.58. The van der Waals surface area contributed by atoms with Crippen molar-refractivity contribution in [1.29, 1.82) is 0 Å². The Hall–Kier alpha value is 1.04. The van der Waals surface area contributed by atoms with Crippen molar-refractivity contribution in [2.45, 2.75) is 0 Å². The normalized spacial score (nSPS) is 4.00. The SMILES string of the molecule is O=[N+]([O-])[O-].[Cu+].[Gd]. The molecule has 0 amide bonds. The van der Waals surface area contributed by atoms with Crippen molar-refractivity contribution in [2.75, 3.05) is 0 Å². The topological polar surface area (TPSA) is 66.2 Å². The molecule has 0 unspecified atom stereocenters. The van der Waals surface area contributed by atoms with Gasteiger partial charge >= 0.3 is 17.1 Å². The van der Waals surface area contributed by atoms with Gasteiger partial charge in [-0.3, -0.25) is 0 Å². The Bertz CT molecular complexity index is 33.8. The standard InChI is InChI=1S/Cu.Gd.NO3/c;;2-1(3)4/q+1;;-1. The van der Waals surface area contributed by atoms with Gasteiger partial charge in [-0.2, -0.15) is 0 Å². The Labute approximate surface area is 76.6 Å². The molecular formula is CuGdNO3. The largest absolute Gasteiger partial charge is 1.00 e. The second-order valence-electron chi connectivity index (χ2n) is 0.224. The fourth-order valence-corrected chi connectivity index (χ4v) is 0. The number of hydrogen-bond acceptors (Lipinski definition) is 3. The first kappa shape index (κ1) is 15.7. The van der Waals surface area contributed by atoms with Crippen LogP contribution < -0.4 is 0 Å². The summed E-state index contributed by atoms with van der Waals surface area (Å²) in [5.41, 5.74) is 0. The molecule has 0 saturated heterocycles. The molecule has 0 radical (unpaired) electrons. The van der Waals surface area contributed by atoms with E-state index in [0.29, 0.717) is 0 Å². The Morgan fingerprint density at radius 1 is 1.33 bits per heavy atom. The van der Waals surface area contributed by atoms with E-state index in [0.717, 1.165) is 0 Å². The molecule has 4 nitrogen and oxygen atoms in total. The van der Waals surface area contributed by atoms with Gasteiger partial charge in [0.1, 0.15) is 0 Å². The molecule has 6 heteroatoms. The van der Waals surface area contributed by atoms with E-state index in [-0.39, 0.29) is 57.0 Å². The Morgan fingerprint density at radius 3 is 1.33 bits per heavy atom. The van der Waals surface area contributed by atoms with Gasteiger partial charge < -0.3 is 15.3 Å². The van der Waals surface area contributed by atoms with Crippen LogP contribution in [0.4, 0.5) is 0 Å². The summed E-state index contributed by atoms with van der Waals surface area (Å²) < 4.78 is 0. The number of hydrogen-bond donors (Lipinski definition) is 0. The predicted octanol–water partition coefficient (Wildman–Crippen LogP) is -0.242. The summed E-state index contributed by atoms with van der Waals surface area (Å²) in [6.07, 6.45) is 0. The maximum atomic E-state index is 8.25. The molecule has 0 heterocycles. The molecule has 0 atom stereocenters. The van der Waals surface area contributed by atoms with Gasteiger partial charge in [0.05, 0.1) is 5.09 Å². The van der Waals surface area contributed by atoms with E-state index < -0.39 is 5.09 Å². The monoisotopic (exact) mass is 283 g/mol. The van der Waals surface area contributed by atoms with Gasteiger partial charge in [0.2, 0.25) is 0 Å². The molecule has 0 aliphatic rings. The van der Waals surface area contributed by atoms with E-state index in [1.54, 1.807) is 0 Å². The first-order chi connectivity index (χ1) is 1.73. The van der Waals surface area contributed by atoms with Gasteiger partial charge in [-0.1, -0.05) is 0 Å². The summed E-state index contributed by atoms with van der Waals surface area (Å²) >= 11 is 0. The molecule has 0 fully saturated rings. The first-order valence-corrected chi connectivity index (χ1v) is 0.548. The van der Waals surface area contributed by atoms with Crippen LogP contribution >= 0.6 is 0 Å². The molecule has 0 spiro atoms. The molecule has 6 heavy (non-hydrogen) atoms. The third kappa shape index (κ3) is 75.7. The minimum atomic E-state index is -1.75. The molecule has 0 aromatic heterocycles. The third-order valence-corrected chi connectivity index (χ3v) is 0. The van der Waals surface area contributed by atoms with E-state index in [1.165, 1.54) is 0 Å². The van der Waals surface area contributed by atoms with Gasteiger partial charge in [-0.25, -0.2) is 0 Å². The average Bonchev–Trinajstić information content (AvgIpc) is 0.811. The zero-order valence-electron chi connectivity index (χ0n) is 2.33. The molecular weight excluding hydrogens is 283 g/mol. The molecule has 0 aromatic rings. The van der Waals surface area contributed by atoms with E-state index in [4.69, 9.17) is 15.3 Å². The molecule has 0 rings (SSSR count). The fourth-order valence-electron chi connectivity index (χ4n) is 0. The van der Waals surface area contributed by atoms with E-state index in [9.17, 15) is 0 Å². The molecule has 0 N–H and O–H groups in total. The molecule has 0 aliphatic heterocycles. The maximum absolute atomic E-state index is 8.25. The number of nitrogens with zero attached hydrogens (tertiary/aromatic N) is 1. The molecule has 0 saturated carbocycles. The zero-order valence-corrected chi connectivity index (χ0v) is 5.54. The van der Waals surface area contributed by atoms with Crippen molar-refractivity contribution in [1.82, 2.24) is 0 Å². The summed E-state index contributed by atoms with van der Waals surface area (Å²) in [5.74, 6) is 0. The summed E-state index contributed by atoms with van der Waals surface area (Å²) in [6.45, 7) is 0. The summed E-state index contributed by atoms with van der Waals surface area (Å²) in [5, 5.41) is 14.8. The van der Waals surface area contributed by atoms with Crippen LogP contribution in [-0.2, 0) is 17.1 Å². The van der Waals surface area contributed by atoms with Crippen LogP contribution in [0.2, 0.25) is 0 Å². The van der Waals surface area contributed by atoms with Crippen molar-refractivity contribution >= 4 is 0 Å². The minimum absolute atomic E-state index is 0.